The topological polar surface area (TPSA) is 64.0 Å². The first-order valence-electron chi connectivity index (χ1n) is 8.89. The quantitative estimate of drug-likeness (QED) is 0.518. The molecule has 4 rings (SSSR count). The molecule has 0 bridgehead atoms. The summed E-state index contributed by atoms with van der Waals surface area (Å²) in [5.74, 6) is -0.605. The van der Waals surface area contributed by atoms with Crippen molar-refractivity contribution in [1.82, 2.24) is 9.78 Å². The van der Waals surface area contributed by atoms with Crippen LogP contribution in [0, 0.1) is 5.82 Å². The lowest BCUT2D eigenvalue weighted by atomic mass is 10.0. The predicted molar refractivity (Wildman–Crippen MR) is 107 cm³/mol. The predicted octanol–water partition coefficient (Wildman–Crippen LogP) is 5.41. The summed E-state index contributed by atoms with van der Waals surface area (Å²) in [5.41, 5.74) is -0.793. The van der Waals surface area contributed by atoms with Crippen LogP contribution in [0.15, 0.2) is 70.1 Å². The third kappa shape index (κ3) is 3.81. The molecule has 1 atom stereocenters. The Morgan fingerprint density at radius 2 is 1.68 bits per heavy atom. The third-order valence-corrected chi connectivity index (χ3v) is 7.06. The highest BCUT2D eigenvalue weighted by molar-refractivity contribution is 7.95. The lowest BCUT2D eigenvalue weighted by molar-refractivity contribution is -0.141. The van der Waals surface area contributed by atoms with Crippen LogP contribution in [0.1, 0.15) is 24.2 Å². The van der Waals surface area contributed by atoms with Crippen molar-refractivity contribution in [2.45, 2.75) is 24.0 Å². The van der Waals surface area contributed by atoms with Crippen LogP contribution in [0.5, 0.6) is 0 Å². The number of sulfone groups is 1. The largest absolute Gasteiger partial charge is 0.435 e. The Labute approximate surface area is 179 Å². The van der Waals surface area contributed by atoms with Gasteiger partial charge in [-0.25, -0.2) is 17.5 Å². The molecule has 1 N–H and O–H groups in total. The minimum Gasteiger partial charge on any atom is -0.343 e. The van der Waals surface area contributed by atoms with Gasteiger partial charge in [0.25, 0.3) is 0 Å². The van der Waals surface area contributed by atoms with E-state index in [0.717, 1.165) is 22.9 Å². The number of aromatic nitrogens is 2. The highest BCUT2D eigenvalue weighted by Crippen LogP contribution is 2.42. The summed E-state index contributed by atoms with van der Waals surface area (Å²) in [6.45, 7) is 1.45. The molecule has 0 saturated carbocycles. The van der Waals surface area contributed by atoms with Gasteiger partial charge in [-0.15, -0.1) is 0 Å². The molecule has 162 valence electrons. The van der Waals surface area contributed by atoms with E-state index in [-0.39, 0.29) is 26.9 Å². The molecule has 0 amide bonds. The van der Waals surface area contributed by atoms with E-state index >= 15 is 0 Å². The van der Waals surface area contributed by atoms with Crippen molar-refractivity contribution in [3.63, 3.8) is 0 Å². The number of halogens is 5. The second-order valence-electron chi connectivity index (χ2n) is 6.88. The second-order valence-corrected chi connectivity index (χ2v) is 9.24. The van der Waals surface area contributed by atoms with Gasteiger partial charge in [-0.2, -0.15) is 18.3 Å². The average molecular weight is 472 g/mol. The van der Waals surface area contributed by atoms with E-state index in [2.05, 4.69) is 10.4 Å². The van der Waals surface area contributed by atoms with E-state index < -0.39 is 33.6 Å². The molecule has 1 aliphatic rings. The molecular weight excluding hydrogens is 458 g/mol. The van der Waals surface area contributed by atoms with Crippen LogP contribution in [0.25, 0.3) is 0 Å². The summed E-state index contributed by atoms with van der Waals surface area (Å²) in [6, 6.07) is 9.80. The molecule has 0 fully saturated rings. The molecule has 3 aromatic rings. The summed E-state index contributed by atoms with van der Waals surface area (Å²) in [6.07, 6.45) is -4.73. The second kappa shape index (κ2) is 7.38. The van der Waals surface area contributed by atoms with E-state index in [1.54, 1.807) is 0 Å². The average Bonchev–Trinajstić information content (AvgIpc) is 3.12. The number of hydrogen-bond donors (Lipinski definition) is 1. The minimum atomic E-state index is -4.73. The Bertz CT molecular complexity index is 1280. The normalized spacial score (nSPS) is 16.8. The number of alkyl halides is 3. The first kappa shape index (κ1) is 21.4. The van der Waals surface area contributed by atoms with Gasteiger partial charge in [-0.3, -0.25) is 0 Å². The molecule has 2 heterocycles. The fraction of sp³-hybridized carbons (Fsp3) is 0.150. The van der Waals surface area contributed by atoms with E-state index in [1.165, 1.54) is 43.3 Å². The molecule has 2 aromatic carbocycles. The van der Waals surface area contributed by atoms with Crippen LogP contribution in [-0.2, 0) is 16.0 Å². The van der Waals surface area contributed by atoms with Gasteiger partial charge in [-0.1, -0.05) is 23.7 Å². The Morgan fingerprint density at radius 3 is 2.26 bits per heavy atom. The zero-order valence-corrected chi connectivity index (χ0v) is 17.4. The van der Waals surface area contributed by atoms with Crippen LogP contribution in [0.3, 0.4) is 0 Å². The Morgan fingerprint density at radius 1 is 1.06 bits per heavy atom. The van der Waals surface area contributed by atoms with E-state index in [4.69, 9.17) is 11.6 Å². The molecule has 1 unspecified atom stereocenters. The maximum absolute atomic E-state index is 13.5. The fourth-order valence-corrected chi connectivity index (χ4v) is 5.28. The van der Waals surface area contributed by atoms with Gasteiger partial charge in [-0.05, 0) is 48.9 Å². The van der Waals surface area contributed by atoms with Crippen molar-refractivity contribution >= 4 is 27.3 Å². The monoisotopic (exact) mass is 471 g/mol. The minimum absolute atomic E-state index is 0.0331. The van der Waals surface area contributed by atoms with Gasteiger partial charge in [0.15, 0.2) is 5.69 Å². The number of benzene rings is 2. The Balaban J connectivity index is 1.95. The molecule has 1 aliphatic heterocycles. The summed E-state index contributed by atoms with van der Waals surface area (Å²) in [4.78, 5) is -0.294. The lowest BCUT2D eigenvalue weighted by Gasteiger charge is -2.30. The van der Waals surface area contributed by atoms with Gasteiger partial charge >= 0.3 is 6.18 Å². The Kier molecular flexibility index (Phi) is 5.09. The number of anilines is 1. The summed E-state index contributed by atoms with van der Waals surface area (Å²) in [7, 11) is -4.18. The molecule has 0 aliphatic carbocycles. The summed E-state index contributed by atoms with van der Waals surface area (Å²) >= 11 is 5.85. The smallest absolute Gasteiger partial charge is 0.343 e. The van der Waals surface area contributed by atoms with Gasteiger partial charge < -0.3 is 5.32 Å². The summed E-state index contributed by atoms with van der Waals surface area (Å²) in [5, 5.41) is 6.65. The standard InChI is InChI=1S/C20H14ClF4N3O2S/c1-11-19(31(29,30)15-8-4-13(21)5-9-15)18(12-2-6-14(22)7-3-12)28-17(26-11)10-16(27-28)20(23,24)25/h2-10,18,26H,1H3. The maximum atomic E-state index is 13.5. The van der Waals surface area contributed by atoms with Crippen molar-refractivity contribution in [3.8, 4) is 0 Å². The lowest BCUT2D eigenvalue weighted by Crippen LogP contribution is -2.28. The Hall–Kier alpha value is -2.85. The first-order chi connectivity index (χ1) is 14.5. The number of nitrogens with zero attached hydrogens (tertiary/aromatic N) is 2. The molecule has 31 heavy (non-hydrogen) atoms. The zero-order valence-electron chi connectivity index (χ0n) is 15.8. The number of rotatable bonds is 3. The van der Waals surface area contributed by atoms with Crippen LogP contribution in [0.4, 0.5) is 23.4 Å². The van der Waals surface area contributed by atoms with E-state index in [0.29, 0.717) is 5.02 Å². The van der Waals surface area contributed by atoms with Crippen LogP contribution < -0.4 is 5.32 Å². The van der Waals surface area contributed by atoms with Crippen molar-refractivity contribution in [1.29, 1.82) is 0 Å². The first-order valence-corrected chi connectivity index (χ1v) is 10.8. The van der Waals surface area contributed by atoms with E-state index in [9.17, 15) is 26.0 Å². The van der Waals surface area contributed by atoms with Crippen molar-refractivity contribution < 1.29 is 26.0 Å². The maximum Gasteiger partial charge on any atom is 0.435 e. The van der Waals surface area contributed by atoms with Crippen LogP contribution in [0.2, 0.25) is 5.02 Å². The van der Waals surface area contributed by atoms with Gasteiger partial charge in [0, 0.05) is 16.8 Å². The van der Waals surface area contributed by atoms with Crippen molar-refractivity contribution in [2.75, 3.05) is 5.32 Å². The van der Waals surface area contributed by atoms with Crippen molar-refractivity contribution in [3.05, 3.63) is 87.3 Å². The molecular formula is C20H14ClF4N3O2S. The van der Waals surface area contributed by atoms with Crippen LogP contribution >= 0.6 is 11.6 Å². The highest BCUT2D eigenvalue weighted by atomic mass is 35.5. The molecule has 0 radical (unpaired) electrons. The SMILES string of the molecule is CC1=C(S(=O)(=O)c2ccc(Cl)cc2)C(c2ccc(F)cc2)n2nc(C(F)(F)F)cc2N1. The number of nitrogens with one attached hydrogen (secondary N) is 1. The molecule has 11 heteroatoms. The highest BCUT2D eigenvalue weighted by Gasteiger charge is 2.41. The molecule has 0 saturated heterocycles. The van der Waals surface area contributed by atoms with E-state index in [1.807, 2.05) is 0 Å². The number of allylic oxidation sites excluding steroid dienone is 2. The van der Waals surface area contributed by atoms with Gasteiger partial charge in [0.1, 0.15) is 17.7 Å². The van der Waals surface area contributed by atoms with Gasteiger partial charge in [0.05, 0.1) is 9.80 Å². The van der Waals surface area contributed by atoms with Crippen LogP contribution in [-0.4, -0.2) is 18.2 Å². The number of fused-ring (bicyclic) bond motifs is 1. The number of hydrogen-bond acceptors (Lipinski definition) is 4. The molecule has 0 spiro atoms. The summed E-state index contributed by atoms with van der Waals surface area (Å²) < 4.78 is 81.3. The third-order valence-electron chi connectivity index (χ3n) is 4.80. The van der Waals surface area contributed by atoms with Crippen molar-refractivity contribution in [2.24, 2.45) is 0 Å². The molecule has 5 nitrogen and oxygen atoms in total. The van der Waals surface area contributed by atoms with Gasteiger partial charge in [0.2, 0.25) is 9.84 Å². The molecule has 1 aromatic heterocycles. The zero-order chi connectivity index (χ0) is 22.6. The fourth-order valence-electron chi connectivity index (χ4n) is 3.42.